The molecule has 106 valence electrons. The lowest BCUT2D eigenvalue weighted by Gasteiger charge is -2.26. The first-order valence-electron chi connectivity index (χ1n) is 6.36. The highest BCUT2D eigenvalue weighted by molar-refractivity contribution is 5.87. The monoisotopic (exact) mass is 277 g/mol. The zero-order valence-electron chi connectivity index (χ0n) is 11.1. The van der Waals surface area contributed by atoms with E-state index >= 15 is 0 Å². The number of carbonyl (C=O) groups is 2. The highest BCUT2D eigenvalue weighted by atomic mass is 16.5. The summed E-state index contributed by atoms with van der Waals surface area (Å²) in [5, 5.41) is 2.83. The Labute approximate surface area is 117 Å². The van der Waals surface area contributed by atoms with Crippen molar-refractivity contribution in [1.29, 1.82) is 0 Å². The SMILES string of the molecule is C=[O+]C(=O)c1ccc(CNC(=O)N2CCOCC2)cc1. The maximum atomic E-state index is 11.9. The molecule has 2 rings (SSSR count). The average molecular weight is 277 g/mol. The highest BCUT2D eigenvalue weighted by Crippen LogP contribution is 2.05. The minimum atomic E-state index is -0.478. The predicted octanol–water partition coefficient (Wildman–Crippen LogP) is 0.733. The van der Waals surface area contributed by atoms with E-state index in [0.717, 1.165) is 5.56 Å². The van der Waals surface area contributed by atoms with Crippen molar-refractivity contribution in [2.45, 2.75) is 6.54 Å². The summed E-state index contributed by atoms with van der Waals surface area (Å²) in [5.74, 6) is -0.478. The summed E-state index contributed by atoms with van der Waals surface area (Å²) in [6.07, 6.45) is 0. The van der Waals surface area contributed by atoms with Gasteiger partial charge in [0.15, 0.2) is 6.79 Å². The van der Waals surface area contributed by atoms with E-state index in [1.165, 1.54) is 0 Å². The Hall–Kier alpha value is -2.21. The second-order valence-corrected chi connectivity index (χ2v) is 4.39. The Bertz CT molecular complexity index is 492. The van der Waals surface area contributed by atoms with E-state index < -0.39 is 5.97 Å². The fraction of sp³-hybridized carbons (Fsp3) is 0.357. The summed E-state index contributed by atoms with van der Waals surface area (Å²) in [7, 11) is 0. The van der Waals surface area contributed by atoms with Crippen LogP contribution in [0.4, 0.5) is 4.79 Å². The molecule has 1 N–H and O–H groups in total. The molecule has 6 heteroatoms. The van der Waals surface area contributed by atoms with Crippen molar-refractivity contribution in [1.82, 2.24) is 10.2 Å². The van der Waals surface area contributed by atoms with Gasteiger partial charge in [-0.2, -0.15) is 0 Å². The first-order chi connectivity index (χ1) is 9.70. The van der Waals surface area contributed by atoms with Crippen molar-refractivity contribution in [2.75, 3.05) is 26.3 Å². The molecule has 1 aliphatic rings. The number of rotatable bonds is 3. The van der Waals surface area contributed by atoms with E-state index in [1.807, 2.05) is 0 Å². The number of ether oxygens (including phenoxy) is 1. The normalized spacial score (nSPS) is 14.7. The van der Waals surface area contributed by atoms with Gasteiger partial charge >= 0.3 is 12.0 Å². The first kappa shape index (κ1) is 14.2. The summed E-state index contributed by atoms with van der Waals surface area (Å²) < 4.78 is 9.56. The van der Waals surface area contributed by atoms with E-state index in [4.69, 9.17) is 4.74 Å². The molecule has 6 nitrogen and oxygen atoms in total. The van der Waals surface area contributed by atoms with Gasteiger partial charge in [-0.15, -0.1) is 0 Å². The van der Waals surface area contributed by atoms with Gasteiger partial charge in [-0.3, -0.25) is 4.42 Å². The summed E-state index contributed by atoms with van der Waals surface area (Å²) in [6, 6.07) is 6.72. The van der Waals surface area contributed by atoms with Crippen LogP contribution >= 0.6 is 0 Å². The van der Waals surface area contributed by atoms with Crippen LogP contribution in [-0.2, 0) is 15.7 Å². The van der Waals surface area contributed by atoms with Crippen LogP contribution in [0, 0.1) is 0 Å². The molecule has 1 aromatic rings. The van der Waals surface area contributed by atoms with E-state index in [2.05, 4.69) is 16.5 Å². The number of urea groups is 1. The lowest BCUT2D eigenvalue weighted by molar-refractivity contribution is -0.334. The standard InChI is InChI=1S/C14H16N2O4/c1-19-13(17)12-4-2-11(3-5-12)10-15-14(18)16-6-8-20-9-7-16/h2-5H,1,6-10H2/p+1. The summed E-state index contributed by atoms with van der Waals surface area (Å²) >= 11 is 0. The minimum Gasteiger partial charge on any atom is -0.378 e. The van der Waals surface area contributed by atoms with Crippen LogP contribution in [0.25, 0.3) is 0 Å². The molecule has 2 amide bonds. The van der Waals surface area contributed by atoms with Gasteiger partial charge in [-0.1, -0.05) is 12.1 Å². The molecule has 0 saturated carbocycles. The molecule has 0 atom stereocenters. The highest BCUT2D eigenvalue weighted by Gasteiger charge is 2.17. The molecule has 0 radical (unpaired) electrons. The van der Waals surface area contributed by atoms with Gasteiger partial charge in [0, 0.05) is 19.6 Å². The van der Waals surface area contributed by atoms with Gasteiger partial charge in [0.1, 0.15) is 5.56 Å². The molecule has 20 heavy (non-hydrogen) atoms. The Balaban J connectivity index is 1.85. The van der Waals surface area contributed by atoms with Crippen LogP contribution in [0.15, 0.2) is 24.3 Å². The van der Waals surface area contributed by atoms with Crippen molar-refractivity contribution in [3.8, 4) is 0 Å². The third-order valence-electron chi connectivity index (χ3n) is 3.06. The molecule has 1 aliphatic heterocycles. The van der Waals surface area contributed by atoms with Gasteiger partial charge in [0.25, 0.3) is 0 Å². The maximum absolute atomic E-state index is 11.9. The number of hydrogen-bond acceptors (Lipinski definition) is 3. The van der Waals surface area contributed by atoms with Gasteiger partial charge in [0.05, 0.1) is 18.0 Å². The Morgan fingerprint density at radius 3 is 2.50 bits per heavy atom. The molecular weight excluding hydrogens is 260 g/mol. The quantitative estimate of drug-likeness (QED) is 0.828. The van der Waals surface area contributed by atoms with Crippen LogP contribution in [0.3, 0.4) is 0 Å². The Morgan fingerprint density at radius 2 is 1.90 bits per heavy atom. The van der Waals surface area contributed by atoms with Crippen LogP contribution in [0.5, 0.6) is 0 Å². The smallest absolute Gasteiger partial charge is 0.378 e. The van der Waals surface area contributed by atoms with Gasteiger partial charge < -0.3 is 15.0 Å². The first-order valence-corrected chi connectivity index (χ1v) is 6.36. The lowest BCUT2D eigenvalue weighted by Crippen LogP contribution is -2.45. The summed E-state index contributed by atoms with van der Waals surface area (Å²) in [4.78, 5) is 24.8. The third-order valence-corrected chi connectivity index (χ3v) is 3.06. The largest absolute Gasteiger partial charge is 0.612 e. The van der Waals surface area contributed by atoms with Crippen LogP contribution < -0.4 is 5.32 Å². The van der Waals surface area contributed by atoms with Crippen molar-refractivity contribution in [3.05, 3.63) is 35.4 Å². The second kappa shape index (κ2) is 6.81. The molecule has 1 aromatic carbocycles. The fourth-order valence-electron chi connectivity index (χ4n) is 1.90. The molecule has 1 fully saturated rings. The van der Waals surface area contributed by atoms with Crippen LogP contribution in [0.1, 0.15) is 15.9 Å². The van der Waals surface area contributed by atoms with Crippen LogP contribution in [-0.4, -0.2) is 50.0 Å². The molecule has 0 aliphatic carbocycles. The number of carbonyl (C=O) groups excluding carboxylic acids is 3. The van der Waals surface area contributed by atoms with Crippen molar-refractivity contribution < 1.29 is 18.8 Å². The molecule has 0 unspecified atom stereocenters. The lowest BCUT2D eigenvalue weighted by atomic mass is 10.1. The fourth-order valence-corrected chi connectivity index (χ4v) is 1.90. The maximum Gasteiger partial charge on any atom is 0.612 e. The number of nitrogens with one attached hydrogen (secondary N) is 1. The number of amides is 2. The number of benzene rings is 1. The molecule has 1 saturated heterocycles. The van der Waals surface area contributed by atoms with Gasteiger partial charge in [-0.05, 0) is 17.7 Å². The molecule has 0 spiro atoms. The Morgan fingerprint density at radius 1 is 1.25 bits per heavy atom. The topological polar surface area (TPSA) is 69.9 Å². The molecule has 1 heterocycles. The molecule has 0 bridgehead atoms. The minimum absolute atomic E-state index is 0.102. The van der Waals surface area contributed by atoms with E-state index in [1.54, 1.807) is 29.2 Å². The second-order valence-electron chi connectivity index (χ2n) is 4.39. The zero-order chi connectivity index (χ0) is 14.4. The third kappa shape index (κ3) is 3.64. The van der Waals surface area contributed by atoms with Gasteiger partial charge in [-0.25, -0.2) is 4.79 Å². The predicted molar refractivity (Wildman–Crippen MR) is 72.5 cm³/mol. The number of hydrogen-bond donors (Lipinski definition) is 1. The average Bonchev–Trinajstić information content (AvgIpc) is 2.53. The van der Waals surface area contributed by atoms with E-state index in [9.17, 15) is 9.59 Å². The van der Waals surface area contributed by atoms with Gasteiger partial charge in [0.2, 0.25) is 0 Å². The number of morpholine rings is 1. The Kier molecular flexibility index (Phi) is 4.84. The number of nitrogens with zero attached hydrogens (tertiary/aromatic N) is 1. The van der Waals surface area contributed by atoms with E-state index in [-0.39, 0.29) is 6.03 Å². The molecular formula is C14H17N2O4+. The van der Waals surface area contributed by atoms with Crippen molar-refractivity contribution in [2.24, 2.45) is 0 Å². The molecule has 0 aromatic heterocycles. The van der Waals surface area contributed by atoms with Crippen molar-refractivity contribution in [3.63, 3.8) is 0 Å². The zero-order valence-corrected chi connectivity index (χ0v) is 11.1. The summed E-state index contributed by atoms with van der Waals surface area (Å²) in [6.45, 7) is 5.87. The van der Waals surface area contributed by atoms with E-state index in [0.29, 0.717) is 38.4 Å². The van der Waals surface area contributed by atoms with Crippen LogP contribution in [0.2, 0.25) is 0 Å². The summed E-state index contributed by atoms with van der Waals surface area (Å²) in [5.41, 5.74) is 1.34. The van der Waals surface area contributed by atoms with Crippen molar-refractivity contribution >= 4 is 18.8 Å².